The van der Waals surface area contributed by atoms with Crippen LogP contribution in [0.25, 0.3) is 0 Å². The summed E-state index contributed by atoms with van der Waals surface area (Å²) in [5, 5.41) is 22.1. The van der Waals surface area contributed by atoms with E-state index in [1.807, 2.05) is 44.2 Å². The van der Waals surface area contributed by atoms with Crippen molar-refractivity contribution in [1.82, 2.24) is 20.9 Å². The van der Waals surface area contributed by atoms with Crippen molar-refractivity contribution in [1.29, 1.82) is 0 Å². The van der Waals surface area contributed by atoms with Crippen molar-refractivity contribution in [2.75, 3.05) is 71.7 Å². The normalized spacial score (nSPS) is 17.7. The molecular weight excluding hydrogens is 624 g/mol. The van der Waals surface area contributed by atoms with Crippen LogP contribution >= 0.6 is 0 Å². The Morgan fingerprint density at radius 3 is 2.24 bits per heavy atom. The van der Waals surface area contributed by atoms with E-state index in [-0.39, 0.29) is 24.4 Å². The highest BCUT2D eigenvalue weighted by molar-refractivity contribution is 6.04. The number of nitrogens with zero attached hydrogens (tertiary/aromatic N) is 2. The van der Waals surface area contributed by atoms with Crippen molar-refractivity contribution in [2.45, 2.75) is 50.9 Å². The zero-order chi connectivity index (χ0) is 35.4. The zero-order valence-corrected chi connectivity index (χ0v) is 29.2. The van der Waals surface area contributed by atoms with Crippen LogP contribution in [-0.4, -0.2) is 89.3 Å². The van der Waals surface area contributed by atoms with Gasteiger partial charge in [-0.3, -0.25) is 14.4 Å². The van der Waals surface area contributed by atoms with Crippen LogP contribution in [-0.2, 0) is 29.3 Å². The lowest BCUT2D eigenvalue weighted by atomic mass is 9.72. The second-order valence-electron chi connectivity index (χ2n) is 12.4. The molecule has 2 amide bonds. The molecule has 12 nitrogen and oxygen atoms in total. The number of likely N-dealkylation sites (N-methyl/N-ethyl adjacent to an activating group) is 1. The number of anilines is 1. The van der Waals surface area contributed by atoms with E-state index in [4.69, 9.17) is 15.2 Å². The molecule has 12 heteroatoms. The van der Waals surface area contributed by atoms with Gasteiger partial charge in [-0.05, 0) is 82.5 Å². The average Bonchev–Trinajstić information content (AvgIpc) is 3.13. The number of methoxy groups -OCH3 is 1. The molecular formula is C37H51N6O6-. The number of benzene rings is 2. The van der Waals surface area contributed by atoms with Crippen LogP contribution in [0.2, 0.25) is 0 Å². The van der Waals surface area contributed by atoms with Crippen LogP contribution in [0.4, 0.5) is 5.69 Å². The number of amides is 2. The summed E-state index contributed by atoms with van der Waals surface area (Å²) in [6.07, 6.45) is 2.52. The standard InChI is InChI=1S/C37H51N6O6/c1-5-29-32(34(44)39-6-2)31(26-13-15-28(16-14-26)42(3)47)33(30(41-29)25-49-24-19-38)35(45)40-20-10-21-43-22-17-37(18-23-43,36(46)48-4)27-11-8-7-9-12-27/h7-9,11-16,31,41H,5-6,10,17-25,38H2,1-4H3,(H,39,44)(H,40,45)/q-1. The molecule has 1 atom stereocenters. The lowest BCUT2D eigenvalue weighted by Gasteiger charge is -2.40. The van der Waals surface area contributed by atoms with Gasteiger partial charge in [0.1, 0.15) is 0 Å². The highest BCUT2D eigenvalue weighted by Gasteiger charge is 2.44. The van der Waals surface area contributed by atoms with E-state index in [1.54, 1.807) is 24.3 Å². The number of hydrogen-bond donors (Lipinski definition) is 4. The minimum Gasteiger partial charge on any atom is -0.758 e. The number of carbonyl (C=O) groups excluding carboxylic acids is 3. The summed E-state index contributed by atoms with van der Waals surface area (Å²) in [5.41, 5.74) is 9.31. The first-order valence-corrected chi connectivity index (χ1v) is 17.1. The minimum absolute atomic E-state index is 0.112. The fourth-order valence-electron chi connectivity index (χ4n) is 6.78. The summed E-state index contributed by atoms with van der Waals surface area (Å²) in [6.45, 7) is 7.58. The monoisotopic (exact) mass is 675 g/mol. The summed E-state index contributed by atoms with van der Waals surface area (Å²) in [6, 6.07) is 16.8. The Hall–Kier alpha value is -4.23. The van der Waals surface area contributed by atoms with Crippen LogP contribution in [0.3, 0.4) is 0 Å². The number of piperidine rings is 1. The minimum atomic E-state index is -0.697. The highest BCUT2D eigenvalue weighted by Crippen LogP contribution is 2.40. The van der Waals surface area contributed by atoms with Crippen LogP contribution in [0.15, 0.2) is 77.1 Å². The maximum Gasteiger partial charge on any atom is 0.316 e. The van der Waals surface area contributed by atoms with Crippen molar-refractivity contribution < 1.29 is 23.9 Å². The molecule has 0 aromatic heterocycles. The van der Waals surface area contributed by atoms with Gasteiger partial charge in [-0.2, -0.15) is 0 Å². The van der Waals surface area contributed by atoms with E-state index in [0.29, 0.717) is 85.7 Å². The Morgan fingerprint density at radius 1 is 1.00 bits per heavy atom. The number of nitrogens with two attached hydrogens (primary N) is 1. The summed E-state index contributed by atoms with van der Waals surface area (Å²) in [4.78, 5) is 43.0. The van der Waals surface area contributed by atoms with Gasteiger partial charge in [0.05, 0.1) is 37.0 Å². The second-order valence-corrected chi connectivity index (χ2v) is 12.4. The number of rotatable bonds is 16. The number of hydroxylamine groups is 1. The molecule has 2 aromatic rings. The number of nitrogens with one attached hydrogen (secondary N) is 3. The van der Waals surface area contributed by atoms with E-state index >= 15 is 0 Å². The first-order chi connectivity index (χ1) is 23.7. The molecule has 1 fully saturated rings. The van der Waals surface area contributed by atoms with Gasteiger partial charge in [-0.15, -0.1) is 0 Å². The van der Waals surface area contributed by atoms with Gasteiger partial charge < -0.3 is 46.3 Å². The lowest BCUT2D eigenvalue weighted by molar-refractivity contribution is -0.149. The largest absolute Gasteiger partial charge is 0.758 e. The van der Waals surface area contributed by atoms with Crippen molar-refractivity contribution >= 4 is 23.5 Å². The van der Waals surface area contributed by atoms with Gasteiger partial charge in [-0.25, -0.2) is 0 Å². The molecule has 1 saturated heterocycles. The van der Waals surface area contributed by atoms with Gasteiger partial charge in [-0.1, -0.05) is 49.4 Å². The van der Waals surface area contributed by atoms with E-state index in [9.17, 15) is 19.6 Å². The first kappa shape index (κ1) is 37.6. The Labute approximate surface area is 289 Å². The van der Waals surface area contributed by atoms with Crippen LogP contribution in [0, 0.1) is 5.21 Å². The number of dihydropyridines is 1. The molecule has 2 heterocycles. The maximum absolute atomic E-state index is 14.2. The van der Waals surface area contributed by atoms with E-state index < -0.39 is 11.3 Å². The number of allylic oxidation sites excluding steroid dienone is 1. The quantitative estimate of drug-likeness (QED) is 0.118. The van der Waals surface area contributed by atoms with Gasteiger partial charge in [0, 0.05) is 42.5 Å². The van der Waals surface area contributed by atoms with Crippen LogP contribution in [0.5, 0.6) is 0 Å². The topological polar surface area (TPSA) is 161 Å². The van der Waals surface area contributed by atoms with E-state index in [0.717, 1.165) is 30.3 Å². The zero-order valence-electron chi connectivity index (χ0n) is 29.2. The fourth-order valence-corrected chi connectivity index (χ4v) is 6.78. The van der Waals surface area contributed by atoms with Crippen LogP contribution in [0.1, 0.15) is 56.6 Å². The molecule has 1 unspecified atom stereocenters. The van der Waals surface area contributed by atoms with Gasteiger partial charge in [0.25, 0.3) is 0 Å². The first-order valence-electron chi connectivity index (χ1n) is 17.1. The summed E-state index contributed by atoms with van der Waals surface area (Å²) in [7, 11) is 2.86. The molecule has 2 aliphatic rings. The Bertz CT molecular complexity index is 1480. The molecule has 2 aromatic carbocycles. The second kappa shape index (κ2) is 18.0. The molecule has 0 aliphatic carbocycles. The molecule has 0 radical (unpaired) electrons. The summed E-state index contributed by atoms with van der Waals surface area (Å²) < 4.78 is 11.1. The Balaban J connectivity index is 1.52. The third kappa shape index (κ3) is 8.87. The predicted molar refractivity (Wildman–Crippen MR) is 190 cm³/mol. The molecule has 0 spiro atoms. The van der Waals surface area contributed by atoms with E-state index in [1.165, 1.54) is 14.2 Å². The molecule has 2 aliphatic heterocycles. The SMILES string of the molecule is CCNC(=O)C1=C(CC)NC(COCCN)=C(C(=O)NCCCN2CCC(C(=O)OC)(c3ccccc3)CC2)C1c1ccc(N(C)[O-])cc1. The predicted octanol–water partition coefficient (Wildman–Crippen LogP) is 3.05. The lowest BCUT2D eigenvalue weighted by Crippen LogP contribution is -2.48. The Morgan fingerprint density at radius 2 is 1.65 bits per heavy atom. The maximum atomic E-state index is 14.2. The van der Waals surface area contributed by atoms with Gasteiger partial charge >= 0.3 is 5.97 Å². The number of ether oxygens (including phenoxy) is 2. The fraction of sp³-hybridized carbons (Fsp3) is 0.486. The molecule has 266 valence electrons. The molecule has 0 saturated carbocycles. The third-order valence-corrected chi connectivity index (χ3v) is 9.36. The number of esters is 1. The Kier molecular flexibility index (Phi) is 13.8. The molecule has 0 bridgehead atoms. The van der Waals surface area contributed by atoms with Gasteiger partial charge in [0.15, 0.2) is 0 Å². The number of likely N-dealkylation sites (tertiary alicyclic amines) is 1. The molecule has 5 N–H and O–H groups in total. The van der Waals surface area contributed by atoms with Crippen molar-refractivity contribution in [2.24, 2.45) is 5.73 Å². The van der Waals surface area contributed by atoms with Crippen LogP contribution < -0.4 is 26.7 Å². The smallest absolute Gasteiger partial charge is 0.316 e. The molecule has 4 rings (SSSR count). The summed E-state index contributed by atoms with van der Waals surface area (Å²) in [5.74, 6) is -1.48. The van der Waals surface area contributed by atoms with E-state index in [2.05, 4.69) is 20.9 Å². The molecule has 49 heavy (non-hydrogen) atoms. The van der Waals surface area contributed by atoms with Crippen molar-refractivity contribution in [3.05, 3.63) is 93.5 Å². The highest BCUT2D eigenvalue weighted by atomic mass is 16.5. The third-order valence-electron chi connectivity index (χ3n) is 9.36. The van der Waals surface area contributed by atoms with Crippen molar-refractivity contribution in [3.63, 3.8) is 0 Å². The average molecular weight is 676 g/mol. The summed E-state index contributed by atoms with van der Waals surface area (Å²) >= 11 is 0. The van der Waals surface area contributed by atoms with Gasteiger partial charge in [0.2, 0.25) is 11.8 Å². The van der Waals surface area contributed by atoms with Crippen molar-refractivity contribution in [3.8, 4) is 0 Å². The number of carbonyl (C=O) groups is 3. The number of hydrogen-bond acceptors (Lipinski definition) is 10.